The van der Waals surface area contributed by atoms with Crippen molar-refractivity contribution in [3.63, 3.8) is 0 Å². The van der Waals surface area contributed by atoms with Crippen molar-refractivity contribution in [1.82, 2.24) is 0 Å². The van der Waals surface area contributed by atoms with Gasteiger partial charge in [-0.15, -0.1) is 0 Å². The lowest BCUT2D eigenvalue weighted by Crippen LogP contribution is -2.45. The fourth-order valence-electron chi connectivity index (χ4n) is 3.70. The molecule has 2 rings (SSSR count). The molecule has 2 fully saturated rings. The van der Waals surface area contributed by atoms with Crippen LogP contribution in [0, 0.1) is 17.8 Å². The summed E-state index contributed by atoms with van der Waals surface area (Å²) in [6, 6.07) is 0. The van der Waals surface area contributed by atoms with Gasteiger partial charge in [0, 0.05) is 0 Å². The molecule has 0 aliphatic heterocycles. The molecule has 0 bridgehead atoms. The molecule has 0 unspecified atom stereocenters. The molecule has 0 spiro atoms. The summed E-state index contributed by atoms with van der Waals surface area (Å²) >= 11 is 0. The average Bonchev–Trinajstić information content (AvgIpc) is 2.17. The van der Waals surface area contributed by atoms with E-state index in [4.69, 9.17) is 0 Å². The average molecular weight is 208 g/mol. The zero-order chi connectivity index (χ0) is 11.1. The lowest BCUT2D eigenvalue weighted by molar-refractivity contribution is -0.0805. The quantitative estimate of drug-likeness (QED) is 0.654. The van der Waals surface area contributed by atoms with E-state index >= 15 is 0 Å². The molecule has 0 aromatic rings. The van der Waals surface area contributed by atoms with Gasteiger partial charge in [0.1, 0.15) is 0 Å². The van der Waals surface area contributed by atoms with Gasteiger partial charge in [0.2, 0.25) is 0 Å². The van der Waals surface area contributed by atoms with Gasteiger partial charge in [-0.2, -0.15) is 0 Å². The third-order valence-corrected chi connectivity index (χ3v) is 4.75. The summed E-state index contributed by atoms with van der Waals surface area (Å²) in [5, 5.41) is 10.4. The second kappa shape index (κ2) is 3.93. The van der Waals surface area contributed by atoms with Gasteiger partial charge in [-0.25, -0.2) is 0 Å². The Morgan fingerprint density at radius 3 is 2.73 bits per heavy atom. The van der Waals surface area contributed by atoms with Crippen LogP contribution in [0.2, 0.25) is 0 Å². The Morgan fingerprint density at radius 2 is 2.07 bits per heavy atom. The first-order valence-electron chi connectivity index (χ1n) is 6.38. The summed E-state index contributed by atoms with van der Waals surface area (Å²) in [6.45, 7) is 8.27. The SMILES string of the molecule is C=C(C)[C@@H]1CC[C@@H]2CCC[C@](C)(O)[C@H]2C1. The van der Waals surface area contributed by atoms with Gasteiger partial charge >= 0.3 is 0 Å². The van der Waals surface area contributed by atoms with E-state index in [0.29, 0.717) is 11.8 Å². The van der Waals surface area contributed by atoms with Crippen LogP contribution in [-0.2, 0) is 0 Å². The molecular formula is C14H24O. The topological polar surface area (TPSA) is 20.2 Å². The maximum atomic E-state index is 10.4. The maximum Gasteiger partial charge on any atom is 0.0650 e. The second-order valence-electron chi connectivity index (χ2n) is 5.97. The minimum Gasteiger partial charge on any atom is -0.390 e. The monoisotopic (exact) mass is 208 g/mol. The Labute approximate surface area is 93.6 Å². The molecule has 2 aliphatic carbocycles. The van der Waals surface area contributed by atoms with Gasteiger partial charge in [-0.05, 0) is 63.7 Å². The Balaban J connectivity index is 2.10. The van der Waals surface area contributed by atoms with Gasteiger partial charge in [-0.3, -0.25) is 0 Å². The molecule has 15 heavy (non-hydrogen) atoms. The number of hydrogen-bond acceptors (Lipinski definition) is 1. The molecular weight excluding hydrogens is 184 g/mol. The number of allylic oxidation sites excluding steroid dienone is 1. The van der Waals surface area contributed by atoms with Crippen LogP contribution in [0.3, 0.4) is 0 Å². The highest BCUT2D eigenvalue weighted by atomic mass is 16.3. The first-order chi connectivity index (χ1) is 7.00. The van der Waals surface area contributed by atoms with Crippen molar-refractivity contribution in [2.75, 3.05) is 0 Å². The van der Waals surface area contributed by atoms with Crippen LogP contribution in [0.15, 0.2) is 12.2 Å². The normalized spacial score (nSPS) is 45.9. The molecule has 0 saturated heterocycles. The molecule has 0 heterocycles. The minimum absolute atomic E-state index is 0.406. The van der Waals surface area contributed by atoms with Crippen LogP contribution in [0.25, 0.3) is 0 Å². The van der Waals surface area contributed by atoms with Gasteiger partial charge in [0.25, 0.3) is 0 Å². The van der Waals surface area contributed by atoms with E-state index in [0.717, 1.165) is 12.3 Å². The maximum absolute atomic E-state index is 10.4. The summed E-state index contributed by atoms with van der Waals surface area (Å²) in [5.74, 6) is 1.97. The predicted octanol–water partition coefficient (Wildman–Crippen LogP) is 3.53. The highest BCUT2D eigenvalue weighted by molar-refractivity contribution is 5.03. The lowest BCUT2D eigenvalue weighted by Gasteiger charge is -2.47. The molecule has 0 aromatic heterocycles. The Hall–Kier alpha value is -0.300. The van der Waals surface area contributed by atoms with E-state index < -0.39 is 5.60 Å². The third-order valence-electron chi connectivity index (χ3n) is 4.75. The molecule has 1 heteroatoms. The van der Waals surface area contributed by atoms with Crippen molar-refractivity contribution in [1.29, 1.82) is 0 Å². The van der Waals surface area contributed by atoms with Crippen LogP contribution >= 0.6 is 0 Å². The van der Waals surface area contributed by atoms with Crippen molar-refractivity contribution in [2.45, 2.75) is 58.0 Å². The van der Waals surface area contributed by atoms with Gasteiger partial charge < -0.3 is 5.11 Å². The van der Waals surface area contributed by atoms with Crippen molar-refractivity contribution in [2.24, 2.45) is 17.8 Å². The minimum atomic E-state index is -0.406. The smallest absolute Gasteiger partial charge is 0.0650 e. The zero-order valence-electron chi connectivity index (χ0n) is 10.1. The van der Waals surface area contributed by atoms with E-state index in [1.807, 2.05) is 6.92 Å². The number of rotatable bonds is 1. The third kappa shape index (κ3) is 2.13. The van der Waals surface area contributed by atoms with Gasteiger partial charge in [0.15, 0.2) is 0 Å². The molecule has 2 aliphatic rings. The van der Waals surface area contributed by atoms with Crippen molar-refractivity contribution < 1.29 is 5.11 Å². The molecule has 1 N–H and O–H groups in total. The highest BCUT2D eigenvalue weighted by Gasteiger charge is 2.43. The lowest BCUT2D eigenvalue weighted by atomic mass is 9.60. The molecule has 0 aromatic carbocycles. The molecule has 4 atom stereocenters. The predicted molar refractivity (Wildman–Crippen MR) is 63.6 cm³/mol. The molecule has 0 radical (unpaired) electrons. The summed E-state index contributed by atoms with van der Waals surface area (Å²) in [5.41, 5.74) is 0.909. The van der Waals surface area contributed by atoms with E-state index in [1.165, 1.54) is 37.7 Å². The number of hydrogen-bond donors (Lipinski definition) is 1. The fraction of sp³-hybridized carbons (Fsp3) is 0.857. The van der Waals surface area contributed by atoms with E-state index in [1.54, 1.807) is 0 Å². The van der Waals surface area contributed by atoms with Gasteiger partial charge in [-0.1, -0.05) is 18.6 Å². The molecule has 86 valence electrons. The zero-order valence-corrected chi connectivity index (χ0v) is 10.1. The number of fused-ring (bicyclic) bond motifs is 1. The van der Waals surface area contributed by atoms with Crippen LogP contribution < -0.4 is 0 Å². The van der Waals surface area contributed by atoms with Crippen LogP contribution in [-0.4, -0.2) is 10.7 Å². The van der Waals surface area contributed by atoms with Gasteiger partial charge in [0.05, 0.1) is 5.60 Å². The molecule has 0 amide bonds. The highest BCUT2D eigenvalue weighted by Crippen LogP contribution is 2.48. The van der Waals surface area contributed by atoms with Crippen LogP contribution in [0.1, 0.15) is 52.4 Å². The second-order valence-corrected chi connectivity index (χ2v) is 5.97. The Kier molecular flexibility index (Phi) is 2.94. The van der Waals surface area contributed by atoms with Crippen molar-refractivity contribution in [3.05, 3.63) is 12.2 Å². The Morgan fingerprint density at radius 1 is 1.33 bits per heavy atom. The summed E-state index contributed by atoms with van der Waals surface area (Å²) in [6.07, 6.45) is 7.32. The standard InChI is InChI=1S/C14H24O/c1-10(2)12-7-6-11-5-4-8-14(3,15)13(11)9-12/h11-13,15H,1,4-9H2,2-3H3/t11-,12+,13-,14-/m0/s1. The number of aliphatic hydroxyl groups is 1. The van der Waals surface area contributed by atoms with Crippen molar-refractivity contribution >= 4 is 0 Å². The first-order valence-corrected chi connectivity index (χ1v) is 6.38. The largest absolute Gasteiger partial charge is 0.390 e. The first kappa shape index (κ1) is 11.2. The summed E-state index contributed by atoms with van der Waals surface area (Å²) in [4.78, 5) is 0. The summed E-state index contributed by atoms with van der Waals surface area (Å²) in [7, 11) is 0. The van der Waals surface area contributed by atoms with E-state index in [2.05, 4.69) is 13.5 Å². The fourth-order valence-corrected chi connectivity index (χ4v) is 3.70. The van der Waals surface area contributed by atoms with Crippen LogP contribution in [0.4, 0.5) is 0 Å². The van der Waals surface area contributed by atoms with Crippen molar-refractivity contribution in [3.8, 4) is 0 Å². The molecule has 2 saturated carbocycles. The van der Waals surface area contributed by atoms with E-state index in [-0.39, 0.29) is 0 Å². The molecule has 1 nitrogen and oxygen atoms in total. The van der Waals surface area contributed by atoms with Crippen LogP contribution in [0.5, 0.6) is 0 Å². The Bertz CT molecular complexity index is 254. The van der Waals surface area contributed by atoms with E-state index in [9.17, 15) is 5.11 Å². The summed E-state index contributed by atoms with van der Waals surface area (Å²) < 4.78 is 0.